The van der Waals surface area contributed by atoms with Crippen molar-refractivity contribution in [3.8, 4) is 50.2 Å². The number of anilines is 3. The summed E-state index contributed by atoms with van der Waals surface area (Å²) in [5.41, 5.74) is 24.2. The molecule has 2 heteroatoms. The van der Waals surface area contributed by atoms with Gasteiger partial charge in [0.25, 0.3) is 0 Å². The Morgan fingerprint density at radius 3 is 1.46 bits per heavy atom. The molecule has 1 unspecified atom stereocenters. The highest BCUT2D eigenvalue weighted by Crippen LogP contribution is 2.56. The first-order chi connectivity index (χ1) is 38.6. The van der Waals surface area contributed by atoms with Gasteiger partial charge in [-0.1, -0.05) is 232 Å². The molecule has 0 bridgehead atoms. The van der Waals surface area contributed by atoms with E-state index in [0.29, 0.717) is 0 Å². The van der Waals surface area contributed by atoms with Gasteiger partial charge in [0, 0.05) is 38.9 Å². The van der Waals surface area contributed by atoms with Gasteiger partial charge in [-0.3, -0.25) is 0 Å². The SMILES string of the molecule is C=Cc1ccc(CCCCCC2(c3ccccc3)c3ccccc3-c3ccc(N(c4ccccc4)c4ccc(-c5ccc(-c6ccc7c(c6)c6cc(-c8ccc(C=C)cc8)ccc6n7-c6ccccc6)cc5)cc4)cc32)cc1. The summed E-state index contributed by atoms with van der Waals surface area (Å²) < 4.78 is 2.39. The molecule has 0 saturated carbocycles. The van der Waals surface area contributed by atoms with Crippen LogP contribution in [-0.4, -0.2) is 4.57 Å². The lowest BCUT2D eigenvalue weighted by Crippen LogP contribution is -2.27. The van der Waals surface area contributed by atoms with E-state index in [1.807, 2.05) is 12.2 Å². The molecule has 11 aromatic carbocycles. The Hall–Kier alpha value is -9.50. The smallest absolute Gasteiger partial charge is 0.0541 e. The summed E-state index contributed by atoms with van der Waals surface area (Å²) in [5, 5.41) is 2.46. The van der Waals surface area contributed by atoms with Crippen LogP contribution in [0, 0.1) is 0 Å². The van der Waals surface area contributed by atoms with E-state index in [9.17, 15) is 0 Å². The van der Waals surface area contributed by atoms with Crippen LogP contribution in [0.3, 0.4) is 0 Å². The van der Waals surface area contributed by atoms with Crippen molar-refractivity contribution in [3.63, 3.8) is 0 Å². The van der Waals surface area contributed by atoms with Crippen LogP contribution >= 0.6 is 0 Å². The number of aromatic nitrogens is 1. The van der Waals surface area contributed by atoms with Gasteiger partial charge in [0.05, 0.1) is 11.0 Å². The Kier molecular flexibility index (Phi) is 12.9. The molecule has 1 aliphatic rings. The topological polar surface area (TPSA) is 8.17 Å². The summed E-state index contributed by atoms with van der Waals surface area (Å²) in [4.78, 5) is 2.43. The van der Waals surface area contributed by atoms with E-state index in [-0.39, 0.29) is 5.41 Å². The second-order valence-electron chi connectivity index (χ2n) is 20.8. The lowest BCUT2D eigenvalue weighted by Gasteiger charge is -2.34. The monoisotopic (exact) mass is 1000 g/mol. The zero-order valence-corrected chi connectivity index (χ0v) is 43.9. The summed E-state index contributed by atoms with van der Waals surface area (Å²) in [6.45, 7) is 7.89. The van der Waals surface area contributed by atoms with Crippen LogP contribution in [0.5, 0.6) is 0 Å². The predicted octanol–water partition coefficient (Wildman–Crippen LogP) is 20.7. The Morgan fingerprint density at radius 1 is 0.372 bits per heavy atom. The third kappa shape index (κ3) is 8.85. The van der Waals surface area contributed by atoms with Crippen molar-refractivity contribution < 1.29 is 0 Å². The minimum atomic E-state index is -0.289. The second-order valence-corrected chi connectivity index (χ2v) is 20.8. The molecule has 0 fully saturated rings. The molecule has 0 amide bonds. The first-order valence-electron chi connectivity index (χ1n) is 27.5. The molecule has 0 spiro atoms. The minimum Gasteiger partial charge on any atom is -0.310 e. The van der Waals surface area contributed by atoms with Crippen LogP contribution in [0.4, 0.5) is 17.1 Å². The van der Waals surface area contributed by atoms with Crippen molar-refractivity contribution >= 4 is 51.0 Å². The number of para-hydroxylation sites is 2. The molecule has 78 heavy (non-hydrogen) atoms. The molecule has 1 aliphatic carbocycles. The molecule has 0 N–H and O–H groups in total. The maximum atomic E-state index is 3.96. The van der Waals surface area contributed by atoms with Crippen molar-refractivity contribution in [3.05, 3.63) is 313 Å². The molecule has 1 heterocycles. The number of hydrogen-bond donors (Lipinski definition) is 0. The van der Waals surface area contributed by atoms with Crippen molar-refractivity contribution in [2.45, 2.75) is 37.5 Å². The number of fused-ring (bicyclic) bond motifs is 6. The van der Waals surface area contributed by atoms with E-state index < -0.39 is 0 Å². The first-order valence-corrected chi connectivity index (χ1v) is 27.5. The van der Waals surface area contributed by atoms with Gasteiger partial charge < -0.3 is 9.47 Å². The van der Waals surface area contributed by atoms with Gasteiger partial charge >= 0.3 is 0 Å². The highest BCUT2D eigenvalue weighted by atomic mass is 15.1. The second kappa shape index (κ2) is 20.9. The number of unbranched alkanes of at least 4 members (excludes halogenated alkanes) is 2. The lowest BCUT2D eigenvalue weighted by molar-refractivity contribution is 0.518. The van der Waals surface area contributed by atoms with Gasteiger partial charge in [0.2, 0.25) is 0 Å². The average Bonchev–Trinajstić information content (AvgIpc) is 4.13. The van der Waals surface area contributed by atoms with E-state index in [2.05, 4.69) is 290 Å². The van der Waals surface area contributed by atoms with E-state index in [1.54, 1.807) is 0 Å². The molecule has 13 rings (SSSR count). The Labute approximate surface area is 459 Å². The summed E-state index contributed by atoms with van der Waals surface area (Å²) in [5.74, 6) is 0. The summed E-state index contributed by atoms with van der Waals surface area (Å²) in [6, 6.07) is 98.7. The summed E-state index contributed by atoms with van der Waals surface area (Å²) in [6.07, 6.45) is 9.35. The van der Waals surface area contributed by atoms with Gasteiger partial charge in [-0.2, -0.15) is 0 Å². The van der Waals surface area contributed by atoms with Gasteiger partial charge in [0.15, 0.2) is 0 Å². The number of rotatable bonds is 16. The van der Waals surface area contributed by atoms with Gasteiger partial charge in [-0.05, 0) is 170 Å². The number of nitrogens with zero attached hydrogens (tertiary/aromatic N) is 2. The van der Waals surface area contributed by atoms with Gasteiger partial charge in [-0.15, -0.1) is 0 Å². The van der Waals surface area contributed by atoms with E-state index >= 15 is 0 Å². The Morgan fingerprint density at radius 2 is 0.846 bits per heavy atom. The zero-order valence-electron chi connectivity index (χ0n) is 43.9. The molecule has 374 valence electrons. The fraction of sp³-hybridized carbons (Fsp3) is 0.0789. The van der Waals surface area contributed by atoms with Gasteiger partial charge in [0.1, 0.15) is 0 Å². The third-order valence-corrected chi connectivity index (χ3v) is 16.3. The molecule has 2 nitrogen and oxygen atoms in total. The lowest BCUT2D eigenvalue weighted by atomic mass is 9.69. The van der Waals surface area contributed by atoms with E-state index in [4.69, 9.17) is 0 Å². The van der Waals surface area contributed by atoms with Crippen molar-refractivity contribution in [2.75, 3.05) is 4.90 Å². The maximum Gasteiger partial charge on any atom is 0.0541 e. The van der Waals surface area contributed by atoms with Crippen molar-refractivity contribution in [1.82, 2.24) is 4.57 Å². The highest BCUT2D eigenvalue weighted by Gasteiger charge is 2.44. The number of aryl methyl sites for hydroxylation is 1. The quantitative estimate of drug-likeness (QED) is 0.0876. The highest BCUT2D eigenvalue weighted by molar-refractivity contribution is 6.11. The van der Waals surface area contributed by atoms with E-state index in [0.717, 1.165) is 60.4 Å². The largest absolute Gasteiger partial charge is 0.310 e. The molecular formula is C76H60N2. The van der Waals surface area contributed by atoms with Crippen LogP contribution in [0.25, 0.3) is 84.2 Å². The van der Waals surface area contributed by atoms with Crippen LogP contribution in [-0.2, 0) is 11.8 Å². The van der Waals surface area contributed by atoms with Crippen LogP contribution in [0.15, 0.2) is 280 Å². The third-order valence-electron chi connectivity index (χ3n) is 16.3. The molecule has 1 aromatic heterocycles. The minimum absolute atomic E-state index is 0.289. The first kappa shape index (κ1) is 48.2. The maximum absolute atomic E-state index is 3.96. The molecular weight excluding hydrogens is 941 g/mol. The van der Waals surface area contributed by atoms with Gasteiger partial charge in [-0.25, -0.2) is 0 Å². The Bertz CT molecular complexity index is 4100. The van der Waals surface area contributed by atoms with Crippen LogP contribution < -0.4 is 4.90 Å². The molecule has 1 atom stereocenters. The molecule has 0 saturated heterocycles. The predicted molar refractivity (Wildman–Crippen MR) is 332 cm³/mol. The summed E-state index contributed by atoms with van der Waals surface area (Å²) in [7, 11) is 0. The standard InChI is InChI=1S/C76H60N2/c1-3-54-28-30-56(31-29-54)19-9-8-18-50-76(63-20-10-5-11-21-63)72-27-17-16-26-68(72)69-47-46-67(53-73(69)76)77(64-22-12-6-13-23-64)66-44-40-58(41-45-66)57-36-38-60(39-37-57)62-43-49-75-71(52-62)70-51-61(59-34-32-55(4-2)33-35-59)42-48-74(70)78(75)65-24-14-7-15-25-65/h3-7,10-17,20-49,51-53H,1-2,8-9,18-19,50H2. The van der Waals surface area contributed by atoms with Crippen LogP contribution in [0.2, 0.25) is 0 Å². The fourth-order valence-electron chi connectivity index (χ4n) is 12.4. The molecule has 12 aromatic rings. The molecule has 0 aliphatic heterocycles. The normalized spacial score (nSPS) is 13.5. The summed E-state index contributed by atoms with van der Waals surface area (Å²) >= 11 is 0. The average molecular weight is 1000 g/mol. The zero-order chi connectivity index (χ0) is 52.4. The number of hydrogen-bond acceptors (Lipinski definition) is 1. The van der Waals surface area contributed by atoms with Crippen molar-refractivity contribution in [2.24, 2.45) is 0 Å². The molecule has 0 radical (unpaired) electrons. The Balaban J connectivity index is 0.816. The van der Waals surface area contributed by atoms with Crippen LogP contribution in [0.1, 0.15) is 59.1 Å². The fourth-order valence-corrected chi connectivity index (χ4v) is 12.4. The van der Waals surface area contributed by atoms with E-state index in [1.165, 1.54) is 94.1 Å². The number of benzene rings is 11. The van der Waals surface area contributed by atoms with Crippen molar-refractivity contribution in [1.29, 1.82) is 0 Å².